The Morgan fingerprint density at radius 3 is 2.30 bits per heavy atom. The first-order chi connectivity index (χ1) is 12.9. The van der Waals surface area contributed by atoms with Gasteiger partial charge in [0.25, 0.3) is 0 Å². The van der Waals surface area contributed by atoms with Gasteiger partial charge in [-0.15, -0.1) is 0 Å². The number of hydrogen-bond acceptors (Lipinski definition) is 4. The zero-order chi connectivity index (χ0) is 19.4. The van der Waals surface area contributed by atoms with E-state index in [1.165, 1.54) is 0 Å². The van der Waals surface area contributed by atoms with E-state index >= 15 is 0 Å². The second kappa shape index (κ2) is 8.10. The van der Waals surface area contributed by atoms with Gasteiger partial charge in [-0.05, 0) is 61.2 Å². The van der Waals surface area contributed by atoms with Crippen LogP contribution in [0.2, 0.25) is 0 Å². The van der Waals surface area contributed by atoms with Crippen LogP contribution in [0.15, 0.2) is 53.4 Å². The van der Waals surface area contributed by atoms with Crippen molar-refractivity contribution in [2.24, 2.45) is 0 Å². The fourth-order valence-electron chi connectivity index (χ4n) is 2.69. The van der Waals surface area contributed by atoms with Gasteiger partial charge in [0, 0.05) is 25.2 Å². The van der Waals surface area contributed by atoms with Gasteiger partial charge in [0.05, 0.1) is 12.0 Å². The summed E-state index contributed by atoms with van der Waals surface area (Å²) < 4.78 is 32.1. The zero-order valence-corrected chi connectivity index (χ0v) is 16.3. The van der Waals surface area contributed by atoms with E-state index in [2.05, 4.69) is 4.72 Å². The average molecular weight is 388 g/mol. The van der Waals surface area contributed by atoms with Crippen LogP contribution in [0, 0.1) is 0 Å². The molecule has 0 saturated heterocycles. The maximum Gasteiger partial charge on any atom is 0.240 e. The number of nitrogens with one attached hydrogen (secondary N) is 1. The van der Waals surface area contributed by atoms with Crippen molar-refractivity contribution in [2.45, 2.75) is 36.6 Å². The van der Waals surface area contributed by atoms with Crippen molar-refractivity contribution < 1.29 is 17.9 Å². The van der Waals surface area contributed by atoms with E-state index in [1.54, 1.807) is 43.3 Å². The third-order valence-corrected chi connectivity index (χ3v) is 6.13. The molecule has 2 aromatic rings. The predicted octanol–water partition coefficient (Wildman–Crippen LogP) is 2.73. The van der Waals surface area contributed by atoms with Crippen molar-refractivity contribution in [3.05, 3.63) is 54.1 Å². The number of hydrogen-bond donors (Lipinski definition) is 1. The number of carbonyl (C=O) groups excluding carboxylic acids is 1. The summed E-state index contributed by atoms with van der Waals surface area (Å²) in [5, 5.41) is 0. The van der Waals surface area contributed by atoms with E-state index in [9.17, 15) is 13.2 Å². The molecule has 1 saturated carbocycles. The van der Waals surface area contributed by atoms with Gasteiger partial charge in [-0.25, -0.2) is 13.1 Å². The van der Waals surface area contributed by atoms with Crippen LogP contribution in [-0.4, -0.2) is 34.5 Å². The van der Waals surface area contributed by atoms with Gasteiger partial charge in [-0.1, -0.05) is 12.1 Å². The Hall–Kier alpha value is -2.38. The molecule has 1 aliphatic rings. The molecule has 0 radical (unpaired) electrons. The number of ether oxygens (including phenoxy) is 1. The number of amides is 1. The molecule has 1 N–H and O–H groups in total. The molecule has 1 amide bonds. The Morgan fingerprint density at radius 1 is 1.11 bits per heavy atom. The van der Waals surface area contributed by atoms with Crippen LogP contribution in [0.1, 0.15) is 24.8 Å². The lowest BCUT2D eigenvalue weighted by Gasteiger charge is -2.17. The molecule has 2 aromatic carbocycles. The maximum absolute atomic E-state index is 12.4. The molecule has 0 atom stereocenters. The lowest BCUT2D eigenvalue weighted by atomic mass is 10.1. The highest BCUT2D eigenvalue weighted by atomic mass is 32.2. The van der Waals surface area contributed by atoms with Crippen LogP contribution in [0.3, 0.4) is 0 Å². The van der Waals surface area contributed by atoms with Crippen molar-refractivity contribution >= 4 is 21.6 Å². The predicted molar refractivity (Wildman–Crippen MR) is 105 cm³/mol. The fraction of sp³-hybridized carbons (Fsp3) is 0.350. The molecule has 0 aromatic heterocycles. The molecule has 27 heavy (non-hydrogen) atoms. The lowest BCUT2D eigenvalue weighted by molar-refractivity contribution is -0.118. The molecule has 144 valence electrons. The first-order valence-corrected chi connectivity index (χ1v) is 10.4. The van der Waals surface area contributed by atoms with E-state index in [0.717, 1.165) is 29.8 Å². The highest BCUT2D eigenvalue weighted by Gasteiger charge is 2.27. The normalized spacial score (nSPS) is 14.0. The van der Waals surface area contributed by atoms with Crippen LogP contribution in [0.4, 0.5) is 5.69 Å². The number of nitrogens with zero attached hydrogens (tertiary/aromatic N) is 1. The summed E-state index contributed by atoms with van der Waals surface area (Å²) in [4.78, 5) is 14.3. The molecule has 6 nitrogen and oxygen atoms in total. The topological polar surface area (TPSA) is 75.7 Å². The third kappa shape index (κ3) is 5.08. The summed E-state index contributed by atoms with van der Waals surface area (Å²) >= 11 is 0. The molecular weight excluding hydrogens is 364 g/mol. The molecule has 3 rings (SSSR count). The maximum atomic E-state index is 12.4. The summed E-state index contributed by atoms with van der Waals surface area (Å²) in [5.41, 5.74) is 1.73. The summed E-state index contributed by atoms with van der Waals surface area (Å²) in [6, 6.07) is 14.1. The summed E-state index contributed by atoms with van der Waals surface area (Å²) in [6.45, 7) is 0. The number of anilines is 1. The number of methoxy groups -OCH3 is 1. The van der Waals surface area contributed by atoms with Gasteiger partial charge in [0.15, 0.2) is 0 Å². The van der Waals surface area contributed by atoms with Gasteiger partial charge < -0.3 is 9.64 Å². The number of aryl methyl sites for hydroxylation is 1. The second-order valence-corrected chi connectivity index (χ2v) is 8.40. The number of benzene rings is 2. The van der Waals surface area contributed by atoms with Crippen molar-refractivity contribution in [3.8, 4) is 5.75 Å². The highest BCUT2D eigenvalue weighted by Crippen LogP contribution is 2.23. The van der Waals surface area contributed by atoms with E-state index in [-0.39, 0.29) is 16.8 Å². The fourth-order valence-corrected chi connectivity index (χ4v) is 4.00. The molecule has 1 aliphatic carbocycles. The zero-order valence-electron chi connectivity index (χ0n) is 15.5. The lowest BCUT2D eigenvalue weighted by Crippen LogP contribution is -2.26. The van der Waals surface area contributed by atoms with Crippen LogP contribution < -0.4 is 14.4 Å². The monoisotopic (exact) mass is 388 g/mol. The van der Waals surface area contributed by atoms with E-state index < -0.39 is 10.0 Å². The van der Waals surface area contributed by atoms with E-state index in [1.807, 2.05) is 24.3 Å². The standard InChI is InChI=1S/C20H24N2O4S/c1-22(17-8-10-18(26-2)11-9-17)20(23)14-5-15-3-12-19(13-4-15)27(24,25)21-16-6-7-16/h3-4,8-13,16,21H,5-7,14H2,1-2H3. The second-order valence-electron chi connectivity index (χ2n) is 6.69. The molecular formula is C20H24N2O4S. The minimum absolute atomic E-state index is 0.00716. The summed E-state index contributed by atoms with van der Waals surface area (Å²) in [6.07, 6.45) is 2.70. The Labute approximate surface area is 160 Å². The van der Waals surface area contributed by atoms with Gasteiger partial charge in [0.2, 0.25) is 15.9 Å². The third-order valence-electron chi connectivity index (χ3n) is 4.59. The largest absolute Gasteiger partial charge is 0.497 e. The van der Waals surface area contributed by atoms with Crippen molar-refractivity contribution in [1.82, 2.24) is 4.72 Å². The number of rotatable bonds is 8. The minimum Gasteiger partial charge on any atom is -0.497 e. The Morgan fingerprint density at radius 2 is 1.74 bits per heavy atom. The van der Waals surface area contributed by atoms with Crippen LogP contribution >= 0.6 is 0 Å². The Balaban J connectivity index is 1.56. The molecule has 0 aliphatic heterocycles. The Kier molecular flexibility index (Phi) is 5.82. The summed E-state index contributed by atoms with van der Waals surface area (Å²) in [5.74, 6) is 0.734. The smallest absolute Gasteiger partial charge is 0.240 e. The highest BCUT2D eigenvalue weighted by molar-refractivity contribution is 7.89. The first kappa shape index (κ1) is 19.4. The average Bonchev–Trinajstić information content (AvgIpc) is 3.49. The quantitative estimate of drug-likeness (QED) is 0.754. The molecule has 7 heteroatoms. The van der Waals surface area contributed by atoms with E-state index in [4.69, 9.17) is 4.74 Å². The van der Waals surface area contributed by atoms with Gasteiger partial charge in [0.1, 0.15) is 5.75 Å². The van der Waals surface area contributed by atoms with Gasteiger partial charge >= 0.3 is 0 Å². The Bertz CT molecular complexity index is 889. The minimum atomic E-state index is -3.44. The van der Waals surface area contributed by atoms with Gasteiger partial charge in [-0.2, -0.15) is 0 Å². The SMILES string of the molecule is COc1ccc(N(C)C(=O)CCc2ccc(S(=O)(=O)NC3CC3)cc2)cc1. The molecule has 0 heterocycles. The molecule has 0 bridgehead atoms. The molecule has 0 unspecified atom stereocenters. The van der Waals surface area contributed by atoms with Crippen molar-refractivity contribution in [1.29, 1.82) is 0 Å². The van der Waals surface area contributed by atoms with Gasteiger partial charge in [-0.3, -0.25) is 4.79 Å². The summed E-state index contributed by atoms with van der Waals surface area (Å²) in [7, 11) is -0.0967. The molecule has 0 spiro atoms. The van der Waals surface area contributed by atoms with Crippen molar-refractivity contribution in [2.75, 3.05) is 19.1 Å². The van der Waals surface area contributed by atoms with Crippen molar-refractivity contribution in [3.63, 3.8) is 0 Å². The molecule has 1 fully saturated rings. The van der Waals surface area contributed by atoms with Crippen LogP contribution in [0.25, 0.3) is 0 Å². The number of carbonyl (C=O) groups is 1. The first-order valence-electron chi connectivity index (χ1n) is 8.91. The van der Waals surface area contributed by atoms with E-state index in [0.29, 0.717) is 12.8 Å². The van der Waals surface area contributed by atoms with Crippen LogP contribution in [0.5, 0.6) is 5.75 Å². The van der Waals surface area contributed by atoms with Crippen LogP contribution in [-0.2, 0) is 21.2 Å². The number of sulfonamides is 1.